The van der Waals surface area contributed by atoms with Crippen LogP contribution in [0.15, 0.2) is 12.4 Å². The molecule has 2 heterocycles. The number of likely N-dealkylation sites (tertiary alicyclic amines) is 1. The second-order valence-electron chi connectivity index (χ2n) is 6.08. The number of aromatic nitrogens is 2. The molecule has 1 aromatic rings. The quantitative estimate of drug-likeness (QED) is 0.846. The minimum Gasteiger partial charge on any atom is -0.337 e. The van der Waals surface area contributed by atoms with Crippen molar-refractivity contribution in [2.24, 2.45) is 12.8 Å². The summed E-state index contributed by atoms with van der Waals surface area (Å²) in [5.74, 6) is 1.11. The summed E-state index contributed by atoms with van der Waals surface area (Å²) >= 11 is 0. The lowest BCUT2D eigenvalue weighted by atomic mass is 9.86. The normalized spacial score (nSPS) is 19.6. The highest BCUT2D eigenvalue weighted by molar-refractivity contribution is 4.99. The molecule has 0 unspecified atom stereocenters. The smallest absolute Gasteiger partial charge is 0.122 e. The first-order chi connectivity index (χ1) is 9.61. The maximum absolute atomic E-state index is 6.14. The van der Waals surface area contributed by atoms with Crippen LogP contribution in [0.1, 0.15) is 32.0 Å². The molecular formula is C15H29N5. The number of piperidine rings is 1. The Hall–Kier alpha value is -0.910. The van der Waals surface area contributed by atoms with Gasteiger partial charge in [0, 0.05) is 31.5 Å². The maximum atomic E-state index is 6.14. The van der Waals surface area contributed by atoms with Crippen LogP contribution in [0, 0.1) is 0 Å². The number of hydrogen-bond acceptors (Lipinski definition) is 4. The number of nitrogens with two attached hydrogens (primary N) is 1. The minimum absolute atomic E-state index is 0.135. The highest BCUT2D eigenvalue weighted by atomic mass is 15.2. The van der Waals surface area contributed by atoms with E-state index in [0.717, 1.165) is 44.8 Å². The van der Waals surface area contributed by atoms with Gasteiger partial charge in [-0.05, 0) is 45.9 Å². The van der Waals surface area contributed by atoms with Crippen LogP contribution < -0.4 is 5.73 Å². The van der Waals surface area contributed by atoms with E-state index in [1.165, 1.54) is 13.0 Å². The Kier molecular flexibility index (Phi) is 5.18. The summed E-state index contributed by atoms with van der Waals surface area (Å²) in [6.45, 7) is 7.38. The standard InChI is InChI=1S/C15H29N5/c1-4-8-20-9-5-15(13-16,6-10-20)19(3)12-14-17-7-11-18(14)2/h7,11H,4-6,8-10,12-13,16H2,1-3H3. The summed E-state index contributed by atoms with van der Waals surface area (Å²) in [5, 5.41) is 0. The Morgan fingerprint density at radius 3 is 2.60 bits per heavy atom. The second-order valence-corrected chi connectivity index (χ2v) is 6.08. The fraction of sp³-hybridized carbons (Fsp3) is 0.800. The van der Waals surface area contributed by atoms with Crippen LogP contribution in [-0.2, 0) is 13.6 Å². The molecule has 5 heteroatoms. The molecular weight excluding hydrogens is 250 g/mol. The van der Waals surface area contributed by atoms with Gasteiger partial charge in [0.15, 0.2) is 0 Å². The third-order valence-corrected chi connectivity index (χ3v) is 4.82. The van der Waals surface area contributed by atoms with Crippen LogP contribution >= 0.6 is 0 Å². The molecule has 0 amide bonds. The summed E-state index contributed by atoms with van der Waals surface area (Å²) in [6, 6.07) is 0. The lowest BCUT2D eigenvalue weighted by molar-refractivity contribution is 0.0380. The van der Waals surface area contributed by atoms with Crippen molar-refractivity contribution in [2.45, 2.75) is 38.3 Å². The van der Waals surface area contributed by atoms with Gasteiger partial charge >= 0.3 is 0 Å². The zero-order chi connectivity index (χ0) is 14.6. The first kappa shape index (κ1) is 15.5. The minimum atomic E-state index is 0.135. The number of likely N-dealkylation sites (N-methyl/N-ethyl adjacent to an activating group) is 1. The van der Waals surface area contributed by atoms with E-state index in [1.54, 1.807) is 0 Å². The van der Waals surface area contributed by atoms with E-state index in [1.807, 2.05) is 12.4 Å². The molecule has 1 saturated heterocycles. The Balaban J connectivity index is 1.99. The van der Waals surface area contributed by atoms with Crippen molar-refractivity contribution in [1.82, 2.24) is 19.4 Å². The zero-order valence-electron chi connectivity index (χ0n) is 13.2. The van der Waals surface area contributed by atoms with Gasteiger partial charge in [0.05, 0.1) is 6.54 Å². The summed E-state index contributed by atoms with van der Waals surface area (Å²) in [5.41, 5.74) is 6.27. The van der Waals surface area contributed by atoms with E-state index >= 15 is 0 Å². The van der Waals surface area contributed by atoms with E-state index in [9.17, 15) is 0 Å². The molecule has 0 saturated carbocycles. The van der Waals surface area contributed by atoms with Crippen LogP contribution in [-0.4, -0.2) is 58.1 Å². The van der Waals surface area contributed by atoms with E-state index < -0.39 is 0 Å². The van der Waals surface area contributed by atoms with Gasteiger partial charge in [-0.25, -0.2) is 4.98 Å². The number of nitrogens with zero attached hydrogens (tertiary/aromatic N) is 4. The topological polar surface area (TPSA) is 50.3 Å². The predicted octanol–water partition coefficient (Wildman–Crippen LogP) is 1.06. The fourth-order valence-corrected chi connectivity index (χ4v) is 3.18. The van der Waals surface area contributed by atoms with Gasteiger partial charge in [0.25, 0.3) is 0 Å². The Morgan fingerprint density at radius 1 is 1.40 bits per heavy atom. The molecule has 5 nitrogen and oxygen atoms in total. The molecule has 0 aromatic carbocycles. The molecule has 0 aliphatic carbocycles. The van der Waals surface area contributed by atoms with Crippen molar-refractivity contribution in [3.63, 3.8) is 0 Å². The Labute approximate surface area is 122 Å². The molecule has 1 aromatic heterocycles. The lowest BCUT2D eigenvalue weighted by Crippen LogP contribution is -2.58. The summed E-state index contributed by atoms with van der Waals surface area (Å²) in [7, 11) is 4.24. The van der Waals surface area contributed by atoms with Gasteiger partial charge in [-0.3, -0.25) is 4.90 Å². The van der Waals surface area contributed by atoms with E-state index in [2.05, 4.69) is 40.4 Å². The lowest BCUT2D eigenvalue weighted by Gasteiger charge is -2.47. The molecule has 1 aliphatic heterocycles. The second kappa shape index (κ2) is 6.70. The van der Waals surface area contributed by atoms with Crippen molar-refractivity contribution in [2.75, 3.05) is 33.2 Å². The third-order valence-electron chi connectivity index (χ3n) is 4.82. The van der Waals surface area contributed by atoms with E-state index in [0.29, 0.717) is 0 Å². The average molecular weight is 279 g/mol. The predicted molar refractivity (Wildman–Crippen MR) is 82.4 cm³/mol. The highest BCUT2D eigenvalue weighted by Crippen LogP contribution is 2.28. The molecule has 0 atom stereocenters. The fourth-order valence-electron chi connectivity index (χ4n) is 3.18. The molecule has 0 spiro atoms. The van der Waals surface area contributed by atoms with Crippen LogP contribution in [0.2, 0.25) is 0 Å². The molecule has 2 rings (SSSR count). The van der Waals surface area contributed by atoms with Crippen molar-refractivity contribution >= 4 is 0 Å². The van der Waals surface area contributed by atoms with Gasteiger partial charge in [0.2, 0.25) is 0 Å². The van der Waals surface area contributed by atoms with Gasteiger partial charge in [-0.15, -0.1) is 0 Å². The van der Waals surface area contributed by atoms with Gasteiger partial charge in [-0.2, -0.15) is 0 Å². The zero-order valence-corrected chi connectivity index (χ0v) is 13.2. The van der Waals surface area contributed by atoms with Gasteiger partial charge < -0.3 is 15.2 Å². The molecule has 114 valence electrons. The molecule has 1 fully saturated rings. The van der Waals surface area contributed by atoms with Crippen LogP contribution in [0.4, 0.5) is 0 Å². The van der Waals surface area contributed by atoms with E-state index in [4.69, 9.17) is 5.73 Å². The first-order valence-electron chi connectivity index (χ1n) is 7.71. The van der Waals surface area contributed by atoms with Crippen molar-refractivity contribution in [3.8, 4) is 0 Å². The third kappa shape index (κ3) is 3.22. The SMILES string of the molecule is CCCN1CCC(CN)(N(C)Cc2nccn2C)CC1. The van der Waals surface area contributed by atoms with Crippen LogP contribution in [0.5, 0.6) is 0 Å². The average Bonchev–Trinajstić information content (AvgIpc) is 2.86. The van der Waals surface area contributed by atoms with Gasteiger partial charge in [-0.1, -0.05) is 6.92 Å². The molecule has 0 bridgehead atoms. The number of rotatable bonds is 6. The van der Waals surface area contributed by atoms with Crippen molar-refractivity contribution in [3.05, 3.63) is 18.2 Å². The van der Waals surface area contributed by atoms with Gasteiger partial charge in [0.1, 0.15) is 5.82 Å². The highest BCUT2D eigenvalue weighted by Gasteiger charge is 2.37. The molecule has 0 radical (unpaired) electrons. The number of aryl methyl sites for hydroxylation is 1. The first-order valence-corrected chi connectivity index (χ1v) is 7.71. The molecule has 2 N–H and O–H groups in total. The summed E-state index contributed by atoms with van der Waals surface area (Å²) in [4.78, 5) is 9.40. The monoisotopic (exact) mass is 279 g/mol. The Bertz CT molecular complexity index is 406. The molecule has 1 aliphatic rings. The van der Waals surface area contributed by atoms with Crippen LogP contribution in [0.25, 0.3) is 0 Å². The van der Waals surface area contributed by atoms with Crippen molar-refractivity contribution < 1.29 is 0 Å². The Morgan fingerprint density at radius 2 is 2.10 bits per heavy atom. The summed E-state index contributed by atoms with van der Waals surface area (Å²) in [6.07, 6.45) is 7.41. The maximum Gasteiger partial charge on any atom is 0.122 e. The van der Waals surface area contributed by atoms with Crippen LogP contribution in [0.3, 0.4) is 0 Å². The number of imidazole rings is 1. The van der Waals surface area contributed by atoms with Crippen molar-refractivity contribution in [1.29, 1.82) is 0 Å². The number of hydrogen-bond donors (Lipinski definition) is 1. The summed E-state index contributed by atoms with van der Waals surface area (Å²) < 4.78 is 2.09. The largest absolute Gasteiger partial charge is 0.337 e. The molecule has 20 heavy (non-hydrogen) atoms. The van der Waals surface area contributed by atoms with E-state index in [-0.39, 0.29) is 5.54 Å².